The van der Waals surface area contributed by atoms with Crippen molar-refractivity contribution >= 4 is 57.5 Å². The number of carbonyl (C=O) groups is 1. The van der Waals surface area contributed by atoms with Gasteiger partial charge in [0.2, 0.25) is 5.91 Å². The van der Waals surface area contributed by atoms with Crippen molar-refractivity contribution in [1.82, 2.24) is 10.6 Å². The maximum absolute atomic E-state index is 12.0. The van der Waals surface area contributed by atoms with Gasteiger partial charge in [-0.2, -0.15) is 0 Å². The molecule has 0 saturated carbocycles. The van der Waals surface area contributed by atoms with Gasteiger partial charge in [0.05, 0.1) is 0 Å². The van der Waals surface area contributed by atoms with E-state index < -0.39 is 0 Å². The van der Waals surface area contributed by atoms with Crippen molar-refractivity contribution in [3.05, 3.63) is 28.2 Å². The molecule has 0 heterocycles. The number of hydrogen-bond donors (Lipinski definition) is 3. The Morgan fingerprint density at radius 3 is 2.61 bits per heavy atom. The second-order valence-corrected chi connectivity index (χ2v) is 6.45. The van der Waals surface area contributed by atoms with E-state index in [0.29, 0.717) is 18.9 Å². The zero-order chi connectivity index (χ0) is 16.5. The largest absolute Gasteiger partial charge is 0.356 e. The highest BCUT2D eigenvalue weighted by Crippen LogP contribution is 2.20. The molecule has 0 aliphatic rings. The molecule has 130 valence electrons. The minimum atomic E-state index is -0.0204. The van der Waals surface area contributed by atoms with Crippen LogP contribution in [-0.4, -0.2) is 32.0 Å². The third-order valence-electron chi connectivity index (χ3n) is 3.02. The van der Waals surface area contributed by atoms with Crippen LogP contribution in [0.5, 0.6) is 0 Å². The molecule has 0 atom stereocenters. The number of anilines is 1. The second kappa shape index (κ2) is 11.7. The Hall–Kier alpha value is -0.830. The summed E-state index contributed by atoms with van der Waals surface area (Å²) in [4.78, 5) is 16.1. The average molecular weight is 497 g/mol. The Balaban J connectivity index is 0.00000484. The van der Waals surface area contributed by atoms with Gasteiger partial charge in [0.1, 0.15) is 0 Å². The summed E-state index contributed by atoms with van der Waals surface area (Å²) in [5.74, 6) is 1.24. The van der Waals surface area contributed by atoms with Crippen LogP contribution in [0, 0.1) is 12.8 Å². The maximum atomic E-state index is 12.0. The highest BCUT2D eigenvalue weighted by atomic mass is 127. The van der Waals surface area contributed by atoms with Gasteiger partial charge in [-0.25, -0.2) is 0 Å². The second-order valence-electron chi connectivity index (χ2n) is 5.53. The standard InChI is InChI=1S/C16H25BrN4O.HI/c1-11(2)10-20-16(18-4)19-8-7-15(22)21-14-9-13(17)6-5-12(14)3;/h5-6,9,11H,7-8,10H2,1-4H3,(H,21,22)(H2,18,19,20);1H. The molecule has 5 nitrogen and oxygen atoms in total. The predicted octanol–water partition coefficient (Wildman–Crippen LogP) is 3.53. The number of rotatable bonds is 6. The Labute approximate surface area is 164 Å². The van der Waals surface area contributed by atoms with Crippen molar-refractivity contribution in [2.24, 2.45) is 10.9 Å². The van der Waals surface area contributed by atoms with E-state index >= 15 is 0 Å². The number of hydrogen-bond acceptors (Lipinski definition) is 2. The molecule has 7 heteroatoms. The third kappa shape index (κ3) is 9.14. The lowest BCUT2D eigenvalue weighted by atomic mass is 10.2. The molecule has 0 bridgehead atoms. The van der Waals surface area contributed by atoms with E-state index in [0.717, 1.165) is 28.2 Å². The molecular weight excluding hydrogens is 471 g/mol. The lowest BCUT2D eigenvalue weighted by molar-refractivity contribution is -0.116. The molecule has 1 aromatic rings. The SMILES string of the molecule is CN=C(NCCC(=O)Nc1cc(Br)ccc1C)NCC(C)C.I. The summed E-state index contributed by atoms with van der Waals surface area (Å²) in [6.07, 6.45) is 0.383. The highest BCUT2D eigenvalue weighted by molar-refractivity contribution is 14.0. The molecule has 0 saturated heterocycles. The molecule has 23 heavy (non-hydrogen) atoms. The molecule has 1 rings (SSSR count). The molecule has 1 aromatic carbocycles. The normalized spacial score (nSPS) is 11.0. The van der Waals surface area contributed by atoms with Crippen LogP contribution in [0.4, 0.5) is 5.69 Å². The van der Waals surface area contributed by atoms with Crippen LogP contribution in [0.1, 0.15) is 25.8 Å². The number of carbonyl (C=O) groups excluding carboxylic acids is 1. The summed E-state index contributed by atoms with van der Waals surface area (Å²) in [6.45, 7) is 7.62. The molecule has 3 N–H and O–H groups in total. The first-order chi connectivity index (χ1) is 10.4. The number of aryl methyl sites for hydroxylation is 1. The quantitative estimate of drug-likeness (QED) is 0.320. The summed E-state index contributed by atoms with van der Waals surface area (Å²) >= 11 is 3.41. The van der Waals surface area contributed by atoms with Gasteiger partial charge in [0.15, 0.2) is 5.96 Å². The predicted molar refractivity (Wildman–Crippen MR) is 112 cm³/mol. The van der Waals surface area contributed by atoms with Gasteiger partial charge in [-0.1, -0.05) is 35.8 Å². The van der Waals surface area contributed by atoms with Gasteiger partial charge in [-0.3, -0.25) is 9.79 Å². The van der Waals surface area contributed by atoms with Gasteiger partial charge >= 0.3 is 0 Å². The number of nitrogens with one attached hydrogen (secondary N) is 3. The fourth-order valence-corrected chi connectivity index (χ4v) is 2.12. The number of aliphatic imine (C=N–C) groups is 1. The number of amides is 1. The van der Waals surface area contributed by atoms with Gasteiger partial charge in [-0.15, -0.1) is 24.0 Å². The molecule has 1 amide bonds. The van der Waals surface area contributed by atoms with E-state index in [2.05, 4.69) is 50.7 Å². The number of benzene rings is 1. The topological polar surface area (TPSA) is 65.5 Å². The first-order valence-electron chi connectivity index (χ1n) is 7.43. The number of nitrogens with zero attached hydrogens (tertiary/aromatic N) is 1. The summed E-state index contributed by atoms with van der Waals surface area (Å²) in [5, 5.41) is 9.27. The zero-order valence-electron chi connectivity index (χ0n) is 14.1. The summed E-state index contributed by atoms with van der Waals surface area (Å²) in [7, 11) is 1.72. The van der Waals surface area contributed by atoms with Gasteiger partial charge < -0.3 is 16.0 Å². The summed E-state index contributed by atoms with van der Waals surface area (Å²) in [5.41, 5.74) is 1.88. The van der Waals surface area contributed by atoms with E-state index in [9.17, 15) is 4.79 Å². The first kappa shape index (κ1) is 22.2. The molecule has 0 aromatic heterocycles. The van der Waals surface area contributed by atoms with Crippen LogP contribution >= 0.6 is 39.9 Å². The van der Waals surface area contributed by atoms with Crippen molar-refractivity contribution in [2.75, 3.05) is 25.5 Å². The van der Waals surface area contributed by atoms with Crippen molar-refractivity contribution in [1.29, 1.82) is 0 Å². The fraction of sp³-hybridized carbons (Fsp3) is 0.500. The minimum Gasteiger partial charge on any atom is -0.356 e. The Bertz CT molecular complexity index is 535. The van der Waals surface area contributed by atoms with Crippen molar-refractivity contribution < 1.29 is 4.79 Å². The van der Waals surface area contributed by atoms with Crippen molar-refractivity contribution in [2.45, 2.75) is 27.2 Å². The van der Waals surface area contributed by atoms with E-state index in [1.807, 2.05) is 25.1 Å². The van der Waals surface area contributed by atoms with Gasteiger partial charge in [0.25, 0.3) is 0 Å². The van der Waals surface area contributed by atoms with E-state index in [-0.39, 0.29) is 29.9 Å². The average Bonchev–Trinajstić information content (AvgIpc) is 2.46. The zero-order valence-corrected chi connectivity index (χ0v) is 18.0. The first-order valence-corrected chi connectivity index (χ1v) is 8.22. The van der Waals surface area contributed by atoms with E-state index in [4.69, 9.17) is 0 Å². The summed E-state index contributed by atoms with van der Waals surface area (Å²) < 4.78 is 0.949. The Morgan fingerprint density at radius 1 is 1.30 bits per heavy atom. The third-order valence-corrected chi connectivity index (χ3v) is 3.51. The van der Waals surface area contributed by atoms with Crippen molar-refractivity contribution in [3.63, 3.8) is 0 Å². The summed E-state index contributed by atoms with van der Waals surface area (Å²) in [6, 6.07) is 5.83. The van der Waals surface area contributed by atoms with Crippen LogP contribution in [0.2, 0.25) is 0 Å². The lowest BCUT2D eigenvalue weighted by Crippen LogP contribution is -2.40. The van der Waals surface area contributed by atoms with Crippen LogP contribution in [0.15, 0.2) is 27.7 Å². The number of guanidine groups is 1. The molecule has 0 radical (unpaired) electrons. The smallest absolute Gasteiger partial charge is 0.226 e. The van der Waals surface area contributed by atoms with Crippen LogP contribution in [0.3, 0.4) is 0 Å². The van der Waals surface area contributed by atoms with Gasteiger partial charge in [0, 0.05) is 36.7 Å². The molecular formula is C16H26BrIN4O. The van der Waals surface area contributed by atoms with Crippen LogP contribution in [0.25, 0.3) is 0 Å². The van der Waals surface area contributed by atoms with Crippen LogP contribution in [-0.2, 0) is 4.79 Å². The number of halogens is 2. The Kier molecular flexibility index (Phi) is 11.2. The molecule has 0 aliphatic heterocycles. The Morgan fingerprint density at radius 2 is 2.00 bits per heavy atom. The maximum Gasteiger partial charge on any atom is 0.226 e. The van der Waals surface area contributed by atoms with E-state index in [1.54, 1.807) is 7.05 Å². The molecule has 0 unspecified atom stereocenters. The van der Waals surface area contributed by atoms with Crippen LogP contribution < -0.4 is 16.0 Å². The van der Waals surface area contributed by atoms with Crippen molar-refractivity contribution in [3.8, 4) is 0 Å². The molecule has 0 aliphatic carbocycles. The fourth-order valence-electron chi connectivity index (χ4n) is 1.76. The molecule has 0 fully saturated rings. The van der Waals surface area contributed by atoms with Gasteiger partial charge in [-0.05, 0) is 30.5 Å². The molecule has 0 spiro atoms. The lowest BCUT2D eigenvalue weighted by Gasteiger charge is -2.13. The monoisotopic (exact) mass is 496 g/mol. The van der Waals surface area contributed by atoms with E-state index in [1.165, 1.54) is 0 Å². The highest BCUT2D eigenvalue weighted by Gasteiger charge is 2.06. The minimum absolute atomic E-state index is 0.